The van der Waals surface area contributed by atoms with Gasteiger partial charge in [0.05, 0.1) is 0 Å². The zero-order chi connectivity index (χ0) is 48.2. The van der Waals surface area contributed by atoms with Gasteiger partial charge in [-0.1, -0.05) is 200 Å². The van der Waals surface area contributed by atoms with Crippen LogP contribution in [-0.2, 0) is 6.42 Å². The van der Waals surface area contributed by atoms with Crippen LogP contribution in [0.25, 0.3) is 104 Å². The van der Waals surface area contributed by atoms with Crippen LogP contribution in [0.3, 0.4) is 0 Å². The third-order valence-corrected chi connectivity index (χ3v) is 15.8. The first-order chi connectivity index (χ1) is 36.2. The van der Waals surface area contributed by atoms with E-state index < -0.39 is 0 Å². The molecule has 0 fully saturated rings. The lowest BCUT2D eigenvalue weighted by Crippen LogP contribution is -2.17. The van der Waals surface area contributed by atoms with Crippen LogP contribution in [0.1, 0.15) is 54.4 Å². The fourth-order valence-electron chi connectivity index (χ4n) is 12.4. The van der Waals surface area contributed by atoms with Gasteiger partial charge in [0.25, 0.3) is 0 Å². The fraction of sp³-hybridized carbons (Fsp3) is 0.0833. The Morgan fingerprint density at radius 2 is 0.863 bits per heavy atom. The largest absolute Gasteiger partial charge is 0.314 e. The molecule has 346 valence electrons. The van der Waals surface area contributed by atoms with Gasteiger partial charge in [-0.3, -0.25) is 0 Å². The summed E-state index contributed by atoms with van der Waals surface area (Å²) in [5, 5.41) is 12.9. The van der Waals surface area contributed by atoms with Crippen molar-refractivity contribution in [1.29, 1.82) is 0 Å². The molecule has 1 heteroatoms. The van der Waals surface area contributed by atoms with Gasteiger partial charge in [-0.05, 0) is 208 Å². The highest BCUT2D eigenvalue weighted by Gasteiger charge is 2.24. The van der Waals surface area contributed by atoms with E-state index >= 15 is 0 Å². The van der Waals surface area contributed by atoms with E-state index in [4.69, 9.17) is 0 Å². The van der Waals surface area contributed by atoms with Crippen molar-refractivity contribution in [3.63, 3.8) is 0 Å². The number of para-hydroxylation sites is 1. The first-order valence-electron chi connectivity index (χ1n) is 26.1. The van der Waals surface area contributed by atoms with Crippen molar-refractivity contribution in [2.75, 3.05) is 4.90 Å². The lowest BCUT2D eigenvalue weighted by Gasteiger charge is -2.30. The molecule has 0 spiro atoms. The highest BCUT2D eigenvalue weighted by molar-refractivity contribution is 6.22. The maximum absolute atomic E-state index is 2.46. The zero-order valence-corrected chi connectivity index (χ0v) is 40.9. The molecule has 0 radical (unpaired) electrons. The maximum atomic E-state index is 2.46. The molecule has 1 nitrogen and oxygen atoms in total. The third kappa shape index (κ3) is 7.54. The van der Waals surface area contributed by atoms with Gasteiger partial charge in [-0.2, -0.15) is 0 Å². The lowest BCUT2D eigenvalue weighted by molar-refractivity contribution is 0.931. The molecule has 0 atom stereocenters. The number of fused-ring (bicyclic) bond motifs is 6. The molecule has 0 N–H and O–H groups in total. The Kier molecular flexibility index (Phi) is 10.7. The van der Waals surface area contributed by atoms with Crippen LogP contribution in [0.5, 0.6) is 0 Å². The molecule has 0 aromatic heterocycles. The van der Waals surface area contributed by atoms with E-state index in [1.54, 1.807) is 0 Å². The lowest BCUT2D eigenvalue weighted by atomic mass is 9.82. The summed E-state index contributed by atoms with van der Waals surface area (Å²) in [6.45, 7) is 0. The van der Waals surface area contributed by atoms with Crippen molar-refractivity contribution in [2.45, 2.75) is 38.5 Å². The van der Waals surface area contributed by atoms with Gasteiger partial charge in [0, 0.05) is 17.1 Å². The summed E-state index contributed by atoms with van der Waals surface area (Å²) in [5.74, 6) is 0. The first kappa shape index (κ1) is 43.0. The number of aryl methyl sites for hydroxylation is 1. The maximum Gasteiger partial charge on any atom is 0.0458 e. The molecule has 0 unspecified atom stereocenters. The molecule has 0 bridgehead atoms. The second kappa shape index (κ2) is 18.1. The quantitative estimate of drug-likeness (QED) is 0.137. The Hall–Kier alpha value is -8.78. The number of nitrogens with zero attached hydrogens (tertiary/aromatic N) is 1. The Labute approximate surface area is 427 Å². The Morgan fingerprint density at radius 1 is 0.315 bits per heavy atom. The molecule has 0 saturated heterocycles. The molecule has 0 heterocycles. The Morgan fingerprint density at radius 3 is 1.53 bits per heavy atom. The van der Waals surface area contributed by atoms with Crippen LogP contribution < -0.4 is 4.90 Å². The second-order valence-electron chi connectivity index (χ2n) is 20.0. The van der Waals surface area contributed by atoms with Gasteiger partial charge >= 0.3 is 0 Å². The summed E-state index contributed by atoms with van der Waals surface area (Å²) < 4.78 is 0. The van der Waals surface area contributed by atoms with Gasteiger partial charge < -0.3 is 4.90 Å². The Bertz CT molecular complexity index is 4120. The molecule has 11 aromatic carbocycles. The number of benzene rings is 11. The minimum atomic E-state index is 0.919. The van der Waals surface area contributed by atoms with E-state index in [-0.39, 0.29) is 0 Å². The van der Waals surface area contributed by atoms with Crippen LogP contribution in [-0.4, -0.2) is 0 Å². The topological polar surface area (TPSA) is 3.24 Å². The van der Waals surface area contributed by atoms with Gasteiger partial charge in [-0.15, -0.1) is 0 Å². The number of anilines is 2. The van der Waals surface area contributed by atoms with Gasteiger partial charge in [0.2, 0.25) is 0 Å². The first-order valence-corrected chi connectivity index (χ1v) is 26.1. The molecule has 0 saturated carbocycles. The predicted octanol–water partition coefficient (Wildman–Crippen LogP) is 20.0. The van der Waals surface area contributed by atoms with Crippen molar-refractivity contribution >= 4 is 82.5 Å². The van der Waals surface area contributed by atoms with Crippen molar-refractivity contribution in [1.82, 2.24) is 0 Å². The van der Waals surface area contributed by atoms with Crippen molar-refractivity contribution in [3.8, 4) is 33.4 Å². The van der Waals surface area contributed by atoms with Crippen molar-refractivity contribution in [3.05, 3.63) is 271 Å². The SMILES string of the molecule is C1=CCCC(c2c3ccccc3c(C3=CC=C(N(c4ccccc4)c4ccc(-c5ccc6c(-c7ccc8ccccc8c7)c7ccccc7c(-c7ccc8c(c7)C=CCC8)c6c5)cc4)CC3)c3ccccc23)=C1. The summed E-state index contributed by atoms with van der Waals surface area (Å²) in [4.78, 5) is 2.46. The van der Waals surface area contributed by atoms with E-state index in [1.165, 1.54) is 126 Å². The number of rotatable bonds is 8. The molecule has 0 amide bonds. The smallest absolute Gasteiger partial charge is 0.0458 e. The molecular weight excluding hydrogens is 879 g/mol. The average molecular weight is 932 g/mol. The summed E-state index contributed by atoms with van der Waals surface area (Å²) in [6.07, 6.45) is 22.5. The standard InChI is InChI=1S/C72H53N/c1-3-19-51(20-4-1)69-61-25-11-13-27-63(61)70(64-28-14-12-26-62(64)69)52-37-42-60(43-38-52)73(58-23-5-2-6-24-58)59-40-35-50(36-41-59)55-39-44-67-68(47-55)72(57-34-32-49-18-8-10-22-54(49)46-57)66-30-16-15-29-65(66)71(67)56-33-31-48-17-7-9-21-53(48)45-56/h1-3,5-7,9-17,19,21-37,39-42,44-47H,4,8,18,20,38,43H2. The highest BCUT2D eigenvalue weighted by Crippen LogP contribution is 2.48. The number of hydrogen-bond donors (Lipinski definition) is 0. The second-order valence-corrected chi connectivity index (χ2v) is 20.0. The van der Waals surface area contributed by atoms with Crippen molar-refractivity contribution in [2.24, 2.45) is 0 Å². The van der Waals surface area contributed by atoms with Crippen LogP contribution in [0, 0.1) is 0 Å². The van der Waals surface area contributed by atoms with Crippen molar-refractivity contribution < 1.29 is 0 Å². The third-order valence-electron chi connectivity index (χ3n) is 15.8. The van der Waals surface area contributed by atoms with E-state index in [0.29, 0.717) is 0 Å². The molecule has 3 aliphatic rings. The van der Waals surface area contributed by atoms with E-state index in [0.717, 1.165) is 49.9 Å². The summed E-state index contributed by atoms with van der Waals surface area (Å²) >= 11 is 0. The van der Waals surface area contributed by atoms with Crippen LogP contribution in [0.2, 0.25) is 0 Å². The summed E-state index contributed by atoms with van der Waals surface area (Å²) in [5.41, 5.74) is 19.4. The van der Waals surface area contributed by atoms with E-state index in [1.807, 2.05) is 0 Å². The van der Waals surface area contributed by atoms with Crippen LogP contribution in [0.15, 0.2) is 248 Å². The Balaban J connectivity index is 0.883. The van der Waals surface area contributed by atoms with Crippen LogP contribution >= 0.6 is 0 Å². The number of hydrogen-bond acceptors (Lipinski definition) is 1. The van der Waals surface area contributed by atoms with E-state index in [2.05, 4.69) is 254 Å². The molecule has 0 aliphatic heterocycles. The van der Waals surface area contributed by atoms with Gasteiger partial charge in [0.1, 0.15) is 0 Å². The monoisotopic (exact) mass is 931 g/mol. The normalized spacial score (nSPS) is 14.4. The van der Waals surface area contributed by atoms with Gasteiger partial charge in [-0.25, -0.2) is 0 Å². The zero-order valence-electron chi connectivity index (χ0n) is 40.9. The minimum Gasteiger partial charge on any atom is -0.314 e. The average Bonchev–Trinajstić information content (AvgIpc) is 3.47. The van der Waals surface area contributed by atoms with Crippen LogP contribution in [0.4, 0.5) is 11.4 Å². The predicted molar refractivity (Wildman–Crippen MR) is 314 cm³/mol. The minimum absolute atomic E-state index is 0.919. The highest BCUT2D eigenvalue weighted by atomic mass is 15.1. The molecule has 73 heavy (non-hydrogen) atoms. The summed E-state index contributed by atoms with van der Waals surface area (Å²) in [6, 6.07) is 77.4. The van der Waals surface area contributed by atoms with E-state index in [9.17, 15) is 0 Å². The summed E-state index contributed by atoms with van der Waals surface area (Å²) in [7, 11) is 0. The van der Waals surface area contributed by atoms with Gasteiger partial charge in [0.15, 0.2) is 0 Å². The fourth-order valence-corrected chi connectivity index (χ4v) is 12.4. The molecule has 3 aliphatic carbocycles. The number of allylic oxidation sites excluding steroid dienone is 9. The molecule has 11 aromatic rings. The molecule has 14 rings (SSSR count). The molecular formula is C72H53N.